The van der Waals surface area contributed by atoms with Crippen molar-refractivity contribution in [3.8, 4) is 17.0 Å². The van der Waals surface area contributed by atoms with Gasteiger partial charge >= 0.3 is 0 Å². The molecule has 1 fully saturated rings. The van der Waals surface area contributed by atoms with Gasteiger partial charge in [0, 0.05) is 43.9 Å². The lowest BCUT2D eigenvalue weighted by Gasteiger charge is -2.36. The van der Waals surface area contributed by atoms with Gasteiger partial charge in [-0.3, -0.25) is 9.59 Å². The van der Waals surface area contributed by atoms with Crippen molar-refractivity contribution in [3.63, 3.8) is 0 Å². The molecule has 1 aromatic heterocycles. The number of aromatic nitrogens is 2. The van der Waals surface area contributed by atoms with Gasteiger partial charge in [-0.05, 0) is 60.2 Å². The molecule has 2 heterocycles. The predicted octanol–water partition coefficient (Wildman–Crippen LogP) is 4.42. The molecular weight excluding hydrogens is 528 g/mol. The number of amides is 2. The van der Waals surface area contributed by atoms with Crippen LogP contribution in [0, 0.1) is 11.6 Å². The molecule has 1 aliphatic rings. The van der Waals surface area contributed by atoms with Gasteiger partial charge in [0.15, 0.2) is 5.82 Å². The van der Waals surface area contributed by atoms with E-state index in [1.807, 2.05) is 36.4 Å². The minimum absolute atomic E-state index is 0.0799. The summed E-state index contributed by atoms with van der Waals surface area (Å²) >= 11 is 0. The summed E-state index contributed by atoms with van der Waals surface area (Å²) in [6.07, 6.45) is 0. The molecule has 0 N–H and O–H groups in total. The summed E-state index contributed by atoms with van der Waals surface area (Å²) < 4.78 is 32.5. The van der Waals surface area contributed by atoms with Crippen LogP contribution in [-0.2, 0) is 11.3 Å². The third kappa shape index (κ3) is 6.84. The third-order valence-electron chi connectivity index (χ3n) is 6.94. The Labute approximate surface area is 236 Å². The van der Waals surface area contributed by atoms with E-state index in [1.54, 1.807) is 24.1 Å². The second-order valence-electron chi connectivity index (χ2n) is 9.67. The van der Waals surface area contributed by atoms with Gasteiger partial charge in [0.1, 0.15) is 23.9 Å². The van der Waals surface area contributed by atoms with E-state index in [9.17, 15) is 18.4 Å². The predicted molar refractivity (Wildman–Crippen MR) is 150 cm³/mol. The average molecular weight is 558 g/mol. The van der Waals surface area contributed by atoms with Crippen LogP contribution in [-0.4, -0.2) is 71.6 Å². The Kier molecular flexibility index (Phi) is 8.47. The van der Waals surface area contributed by atoms with Crippen LogP contribution in [0.5, 0.6) is 5.75 Å². The smallest absolute Gasteiger partial charge is 0.254 e. The van der Waals surface area contributed by atoms with E-state index in [2.05, 4.69) is 15.1 Å². The van der Waals surface area contributed by atoms with E-state index in [-0.39, 0.29) is 24.6 Å². The third-order valence-corrected chi connectivity index (χ3v) is 6.94. The van der Waals surface area contributed by atoms with Gasteiger partial charge < -0.3 is 19.4 Å². The minimum Gasteiger partial charge on any atom is -0.497 e. The van der Waals surface area contributed by atoms with E-state index in [0.29, 0.717) is 37.6 Å². The highest BCUT2D eigenvalue weighted by atomic mass is 19.1. The number of anilines is 1. The lowest BCUT2D eigenvalue weighted by Crippen LogP contribution is -2.52. The Bertz CT molecular complexity index is 1510. The van der Waals surface area contributed by atoms with Gasteiger partial charge in [-0.25, -0.2) is 8.78 Å². The zero-order chi connectivity index (χ0) is 28.8. The molecule has 8 nitrogen and oxygen atoms in total. The second-order valence-corrected chi connectivity index (χ2v) is 9.67. The number of hydrogen-bond donors (Lipinski definition) is 0. The number of ether oxygens (including phenoxy) is 1. The second kappa shape index (κ2) is 12.5. The van der Waals surface area contributed by atoms with Gasteiger partial charge in [0.2, 0.25) is 5.91 Å². The van der Waals surface area contributed by atoms with Gasteiger partial charge in [0.05, 0.1) is 12.8 Å². The summed E-state index contributed by atoms with van der Waals surface area (Å²) in [7, 11) is 1.61. The topological polar surface area (TPSA) is 78.9 Å². The molecule has 4 aromatic rings. The van der Waals surface area contributed by atoms with Crippen LogP contribution in [0.3, 0.4) is 0 Å². The molecule has 0 radical (unpaired) electrons. The molecular formula is C31H29F2N5O3. The molecule has 0 aliphatic carbocycles. The Morgan fingerprint density at radius 1 is 0.854 bits per heavy atom. The summed E-state index contributed by atoms with van der Waals surface area (Å²) in [6, 6.07) is 22.5. The van der Waals surface area contributed by atoms with Crippen molar-refractivity contribution in [3.05, 3.63) is 108 Å². The molecule has 0 spiro atoms. The number of hydrogen-bond acceptors (Lipinski definition) is 6. The number of carbonyl (C=O) groups excluding carboxylic acids is 2. The first-order valence-electron chi connectivity index (χ1n) is 13.2. The standard InChI is InChI=1S/C31H29F2N5O3/c1-41-27-7-3-4-23(19-27)28-12-13-29(35-34-28)36-14-16-37(17-15-36)30(39)21-38(20-22-8-10-25(32)11-9-22)31(40)24-5-2-6-26(33)18-24/h2-13,18-19H,14-17,20-21H2,1H3. The molecule has 41 heavy (non-hydrogen) atoms. The van der Waals surface area contributed by atoms with Crippen molar-refractivity contribution >= 4 is 17.6 Å². The maximum atomic E-state index is 13.8. The van der Waals surface area contributed by atoms with E-state index in [0.717, 1.165) is 23.1 Å². The molecule has 0 unspecified atom stereocenters. The number of nitrogens with zero attached hydrogens (tertiary/aromatic N) is 5. The zero-order valence-electron chi connectivity index (χ0n) is 22.5. The molecule has 0 saturated carbocycles. The Hall–Kier alpha value is -4.86. The minimum atomic E-state index is -0.542. The van der Waals surface area contributed by atoms with Crippen LogP contribution in [0.4, 0.5) is 14.6 Å². The molecule has 5 rings (SSSR count). The number of methoxy groups -OCH3 is 1. The first kappa shape index (κ1) is 27.7. The monoisotopic (exact) mass is 557 g/mol. The SMILES string of the molecule is COc1cccc(-c2ccc(N3CCN(C(=O)CN(Cc4ccc(F)cc4)C(=O)c4cccc(F)c4)CC3)nn2)c1. The number of rotatable bonds is 8. The van der Waals surface area contributed by atoms with Gasteiger partial charge in [-0.15, -0.1) is 10.2 Å². The molecule has 210 valence electrons. The molecule has 1 aliphatic heterocycles. The van der Waals surface area contributed by atoms with Gasteiger partial charge in [0.25, 0.3) is 5.91 Å². The molecule has 10 heteroatoms. The Morgan fingerprint density at radius 3 is 2.29 bits per heavy atom. The van der Waals surface area contributed by atoms with Crippen molar-refractivity contribution in [2.24, 2.45) is 0 Å². The van der Waals surface area contributed by atoms with E-state index in [4.69, 9.17) is 4.74 Å². The van der Waals surface area contributed by atoms with Gasteiger partial charge in [-0.1, -0.05) is 30.3 Å². The fourth-order valence-electron chi connectivity index (χ4n) is 4.69. The van der Waals surface area contributed by atoms with E-state index < -0.39 is 17.5 Å². The maximum Gasteiger partial charge on any atom is 0.254 e. The fraction of sp³-hybridized carbons (Fsp3) is 0.226. The normalized spacial score (nSPS) is 13.1. The van der Waals surface area contributed by atoms with Crippen LogP contribution in [0.1, 0.15) is 15.9 Å². The van der Waals surface area contributed by atoms with E-state index >= 15 is 0 Å². The van der Waals surface area contributed by atoms with Crippen LogP contribution >= 0.6 is 0 Å². The number of halogens is 2. The number of piperazine rings is 1. The summed E-state index contributed by atoms with van der Waals surface area (Å²) in [6.45, 7) is 1.87. The molecule has 0 atom stereocenters. The van der Waals surface area contributed by atoms with Crippen molar-refractivity contribution < 1.29 is 23.1 Å². The van der Waals surface area contributed by atoms with Crippen LogP contribution in [0.25, 0.3) is 11.3 Å². The molecule has 3 aromatic carbocycles. The highest BCUT2D eigenvalue weighted by Crippen LogP contribution is 2.23. The summed E-state index contributed by atoms with van der Waals surface area (Å²) in [5.74, 6) is -0.195. The molecule has 0 bridgehead atoms. The lowest BCUT2D eigenvalue weighted by atomic mass is 10.1. The molecule has 1 saturated heterocycles. The summed E-state index contributed by atoms with van der Waals surface area (Å²) in [5, 5.41) is 8.76. The average Bonchev–Trinajstić information content (AvgIpc) is 3.01. The molecule has 2 amide bonds. The van der Waals surface area contributed by atoms with Crippen molar-refractivity contribution in [1.82, 2.24) is 20.0 Å². The summed E-state index contributed by atoms with van der Waals surface area (Å²) in [5.41, 5.74) is 2.42. The van der Waals surface area contributed by atoms with Crippen LogP contribution < -0.4 is 9.64 Å². The van der Waals surface area contributed by atoms with E-state index in [1.165, 1.54) is 35.2 Å². The van der Waals surface area contributed by atoms with Crippen molar-refractivity contribution in [1.29, 1.82) is 0 Å². The number of benzene rings is 3. The zero-order valence-corrected chi connectivity index (χ0v) is 22.5. The number of carbonyl (C=O) groups is 2. The summed E-state index contributed by atoms with van der Waals surface area (Å²) in [4.78, 5) is 31.7. The highest BCUT2D eigenvalue weighted by Gasteiger charge is 2.26. The maximum absolute atomic E-state index is 13.8. The lowest BCUT2D eigenvalue weighted by molar-refractivity contribution is -0.132. The Balaban J connectivity index is 1.23. The van der Waals surface area contributed by atoms with Crippen LogP contribution in [0.15, 0.2) is 84.9 Å². The highest BCUT2D eigenvalue weighted by molar-refractivity contribution is 5.96. The van der Waals surface area contributed by atoms with Crippen molar-refractivity contribution in [2.45, 2.75) is 6.54 Å². The first-order chi connectivity index (χ1) is 19.9. The van der Waals surface area contributed by atoms with Crippen molar-refractivity contribution in [2.75, 3.05) is 44.7 Å². The van der Waals surface area contributed by atoms with Crippen LogP contribution in [0.2, 0.25) is 0 Å². The van der Waals surface area contributed by atoms with Gasteiger partial charge in [-0.2, -0.15) is 0 Å². The fourth-order valence-corrected chi connectivity index (χ4v) is 4.69. The first-order valence-corrected chi connectivity index (χ1v) is 13.2. The quantitative estimate of drug-likeness (QED) is 0.319. The Morgan fingerprint density at radius 2 is 1.61 bits per heavy atom. The largest absolute Gasteiger partial charge is 0.497 e.